The Morgan fingerprint density at radius 1 is 1.12 bits per heavy atom. The lowest BCUT2D eigenvalue weighted by Gasteiger charge is -2.27. The Morgan fingerprint density at radius 3 is 2.66 bits per heavy atom. The van der Waals surface area contributed by atoms with E-state index < -0.39 is 0 Å². The zero-order valence-corrected chi connectivity index (χ0v) is 19.0. The number of carbonyl (C=O) groups is 2. The fourth-order valence-electron chi connectivity index (χ4n) is 3.61. The second kappa shape index (κ2) is 10.9. The van der Waals surface area contributed by atoms with Crippen LogP contribution in [-0.2, 0) is 22.5 Å². The predicted octanol–water partition coefficient (Wildman–Crippen LogP) is 2.43. The van der Waals surface area contributed by atoms with Crippen LogP contribution in [-0.4, -0.2) is 63.8 Å². The Morgan fingerprint density at radius 2 is 1.94 bits per heavy atom. The van der Waals surface area contributed by atoms with Crippen LogP contribution in [0.4, 0.5) is 0 Å². The molecule has 32 heavy (non-hydrogen) atoms. The summed E-state index contributed by atoms with van der Waals surface area (Å²) in [4.78, 5) is 27.5. The van der Waals surface area contributed by atoms with Crippen molar-refractivity contribution >= 4 is 11.8 Å². The number of nitrogens with one attached hydrogen (secondary N) is 1. The Bertz CT molecular complexity index is 962. The second-order valence-electron chi connectivity index (χ2n) is 7.61. The van der Waals surface area contributed by atoms with Crippen molar-refractivity contribution in [2.75, 3.05) is 41.1 Å². The molecule has 0 saturated heterocycles. The Hall–Kier alpha value is -3.26. The van der Waals surface area contributed by atoms with Gasteiger partial charge in [0.1, 0.15) is 23.9 Å². The average molecular weight is 443 g/mol. The van der Waals surface area contributed by atoms with E-state index in [1.165, 1.54) is 0 Å². The van der Waals surface area contributed by atoms with E-state index in [-0.39, 0.29) is 24.3 Å². The summed E-state index contributed by atoms with van der Waals surface area (Å²) in [5, 5.41) is 2.81. The summed E-state index contributed by atoms with van der Waals surface area (Å²) in [6.45, 7) is 3.53. The maximum Gasteiger partial charge on any atom is 0.251 e. The second-order valence-corrected chi connectivity index (χ2v) is 7.61. The van der Waals surface area contributed by atoms with Crippen LogP contribution in [0.2, 0.25) is 0 Å². The van der Waals surface area contributed by atoms with Gasteiger partial charge in [-0.3, -0.25) is 9.59 Å². The van der Waals surface area contributed by atoms with Gasteiger partial charge < -0.3 is 29.2 Å². The maximum atomic E-state index is 13.3. The molecule has 2 amide bonds. The molecule has 0 radical (unpaired) electrons. The number of nitrogens with zero attached hydrogens (tertiary/aromatic N) is 1. The van der Waals surface area contributed by atoms with E-state index in [1.54, 1.807) is 56.6 Å². The number of benzene rings is 2. The molecule has 1 aliphatic heterocycles. The topological polar surface area (TPSA) is 86.3 Å². The molecule has 0 unspecified atom stereocenters. The summed E-state index contributed by atoms with van der Waals surface area (Å²) >= 11 is 0. The third-order valence-corrected chi connectivity index (χ3v) is 5.42. The monoisotopic (exact) mass is 442 g/mol. The van der Waals surface area contributed by atoms with Gasteiger partial charge in [0.2, 0.25) is 5.91 Å². The van der Waals surface area contributed by atoms with Gasteiger partial charge in [0.25, 0.3) is 5.91 Å². The molecule has 0 aromatic heterocycles. The van der Waals surface area contributed by atoms with Crippen molar-refractivity contribution in [3.63, 3.8) is 0 Å². The third kappa shape index (κ3) is 5.50. The SMILES string of the molecule is COCCNC(=O)c1ccc2c(c1)CN(C(=O)Cc1cc(OC)ccc1OC)[C@@H](C)CO2. The van der Waals surface area contributed by atoms with Crippen molar-refractivity contribution in [2.45, 2.75) is 25.9 Å². The van der Waals surface area contributed by atoms with Gasteiger partial charge in [-0.25, -0.2) is 0 Å². The molecule has 0 fully saturated rings. The Balaban J connectivity index is 1.80. The van der Waals surface area contributed by atoms with Crippen molar-refractivity contribution in [2.24, 2.45) is 0 Å². The lowest BCUT2D eigenvalue weighted by molar-refractivity contribution is -0.133. The minimum atomic E-state index is -0.193. The van der Waals surface area contributed by atoms with E-state index in [0.717, 1.165) is 11.1 Å². The zero-order valence-electron chi connectivity index (χ0n) is 19.0. The van der Waals surface area contributed by atoms with Crippen LogP contribution in [0.25, 0.3) is 0 Å². The normalized spacial score (nSPS) is 15.2. The molecule has 2 aromatic rings. The van der Waals surface area contributed by atoms with Gasteiger partial charge in [0.15, 0.2) is 0 Å². The largest absolute Gasteiger partial charge is 0.497 e. The van der Waals surface area contributed by atoms with Gasteiger partial charge in [-0.15, -0.1) is 0 Å². The van der Waals surface area contributed by atoms with Crippen molar-refractivity contribution in [1.29, 1.82) is 0 Å². The minimum absolute atomic E-state index is 0.0598. The number of carbonyl (C=O) groups excluding carboxylic acids is 2. The smallest absolute Gasteiger partial charge is 0.251 e. The molecule has 172 valence electrons. The standard InChI is InChI=1S/C24H30N2O6/c1-16-15-32-22-7-5-17(24(28)25-9-10-29-2)11-19(22)14-26(16)23(27)13-18-12-20(30-3)6-8-21(18)31-4/h5-8,11-12,16H,9-10,13-15H2,1-4H3,(H,25,28)/t16-/m0/s1. The third-order valence-electron chi connectivity index (χ3n) is 5.42. The number of amides is 2. The van der Waals surface area contributed by atoms with E-state index in [0.29, 0.717) is 49.1 Å². The molecule has 1 atom stereocenters. The first kappa shape index (κ1) is 23.4. The predicted molar refractivity (Wildman–Crippen MR) is 119 cm³/mol. The minimum Gasteiger partial charge on any atom is -0.497 e. The summed E-state index contributed by atoms with van der Waals surface area (Å²) in [6, 6.07) is 10.6. The van der Waals surface area contributed by atoms with E-state index >= 15 is 0 Å². The summed E-state index contributed by atoms with van der Waals surface area (Å²) in [5.74, 6) is 1.72. The first-order valence-electron chi connectivity index (χ1n) is 10.5. The Kier molecular flexibility index (Phi) is 7.94. The highest BCUT2D eigenvalue weighted by atomic mass is 16.5. The maximum absolute atomic E-state index is 13.3. The lowest BCUT2D eigenvalue weighted by atomic mass is 10.1. The molecule has 8 heteroatoms. The summed E-state index contributed by atoms with van der Waals surface area (Å²) in [7, 11) is 4.75. The van der Waals surface area contributed by atoms with E-state index in [4.69, 9.17) is 18.9 Å². The molecule has 3 rings (SSSR count). The average Bonchev–Trinajstić information content (AvgIpc) is 2.97. The summed E-state index contributed by atoms with van der Waals surface area (Å²) in [6.07, 6.45) is 0.164. The summed E-state index contributed by atoms with van der Waals surface area (Å²) < 4.78 is 21.6. The fourth-order valence-corrected chi connectivity index (χ4v) is 3.61. The van der Waals surface area contributed by atoms with Gasteiger partial charge in [-0.2, -0.15) is 0 Å². The van der Waals surface area contributed by atoms with E-state index in [1.807, 2.05) is 13.0 Å². The van der Waals surface area contributed by atoms with Gasteiger partial charge in [0, 0.05) is 36.9 Å². The van der Waals surface area contributed by atoms with Crippen LogP contribution in [0.3, 0.4) is 0 Å². The molecule has 1 aliphatic rings. The molecule has 1 heterocycles. The molecule has 0 spiro atoms. The number of rotatable bonds is 8. The van der Waals surface area contributed by atoms with Crippen molar-refractivity contribution < 1.29 is 28.5 Å². The van der Waals surface area contributed by atoms with Gasteiger partial charge in [-0.05, 0) is 43.3 Å². The molecule has 8 nitrogen and oxygen atoms in total. The molecule has 0 bridgehead atoms. The number of hydrogen-bond acceptors (Lipinski definition) is 6. The molecular weight excluding hydrogens is 412 g/mol. The van der Waals surface area contributed by atoms with Crippen molar-refractivity contribution in [3.05, 3.63) is 53.1 Å². The van der Waals surface area contributed by atoms with Crippen LogP contribution in [0, 0.1) is 0 Å². The highest BCUT2D eigenvalue weighted by Gasteiger charge is 2.27. The van der Waals surface area contributed by atoms with Crippen LogP contribution >= 0.6 is 0 Å². The molecular formula is C24H30N2O6. The zero-order chi connectivity index (χ0) is 23.1. The van der Waals surface area contributed by atoms with Crippen LogP contribution in [0.15, 0.2) is 36.4 Å². The van der Waals surface area contributed by atoms with E-state index in [2.05, 4.69) is 5.32 Å². The van der Waals surface area contributed by atoms with Gasteiger partial charge in [-0.1, -0.05) is 0 Å². The fraction of sp³-hybridized carbons (Fsp3) is 0.417. The quantitative estimate of drug-likeness (QED) is 0.632. The van der Waals surface area contributed by atoms with Crippen LogP contribution < -0.4 is 19.5 Å². The first-order valence-corrected chi connectivity index (χ1v) is 10.5. The first-order chi connectivity index (χ1) is 15.5. The van der Waals surface area contributed by atoms with Crippen LogP contribution in [0.5, 0.6) is 17.2 Å². The summed E-state index contributed by atoms with van der Waals surface area (Å²) in [5.41, 5.74) is 2.06. The molecule has 2 aromatic carbocycles. The van der Waals surface area contributed by atoms with Crippen LogP contribution in [0.1, 0.15) is 28.4 Å². The highest BCUT2D eigenvalue weighted by Crippen LogP contribution is 2.29. The molecule has 0 saturated carbocycles. The Labute approximate surface area is 188 Å². The van der Waals surface area contributed by atoms with Gasteiger partial charge >= 0.3 is 0 Å². The van der Waals surface area contributed by atoms with Gasteiger partial charge in [0.05, 0.1) is 33.3 Å². The highest BCUT2D eigenvalue weighted by molar-refractivity contribution is 5.94. The van der Waals surface area contributed by atoms with Crippen molar-refractivity contribution in [1.82, 2.24) is 10.2 Å². The lowest BCUT2D eigenvalue weighted by Crippen LogP contribution is -2.40. The number of fused-ring (bicyclic) bond motifs is 1. The number of ether oxygens (including phenoxy) is 4. The molecule has 0 aliphatic carbocycles. The van der Waals surface area contributed by atoms with E-state index in [9.17, 15) is 9.59 Å². The number of hydrogen-bond donors (Lipinski definition) is 1. The van der Waals surface area contributed by atoms with Crippen molar-refractivity contribution in [3.8, 4) is 17.2 Å². The number of methoxy groups -OCH3 is 3. The molecule has 1 N–H and O–H groups in total.